The number of alkyl halides is 3. The summed E-state index contributed by atoms with van der Waals surface area (Å²) in [6, 6.07) is 3.49. The van der Waals surface area contributed by atoms with Gasteiger partial charge in [0.25, 0.3) is 5.91 Å². The average Bonchev–Trinajstić information content (AvgIpc) is 3.38. The Balaban J connectivity index is 0.000000360. The van der Waals surface area contributed by atoms with E-state index in [0.717, 1.165) is 18.7 Å². The zero-order valence-electron chi connectivity index (χ0n) is 17.3. The number of likely N-dealkylation sites (tertiary alicyclic amines) is 1. The van der Waals surface area contributed by atoms with Gasteiger partial charge in [0, 0.05) is 19.3 Å². The van der Waals surface area contributed by atoms with Gasteiger partial charge in [0.2, 0.25) is 5.88 Å². The predicted molar refractivity (Wildman–Crippen MR) is 102 cm³/mol. The number of aryl methyl sites for hydroxylation is 1. The lowest BCUT2D eigenvalue weighted by Crippen LogP contribution is -2.45. The lowest BCUT2D eigenvalue weighted by molar-refractivity contribution is -0.192. The monoisotopic (exact) mass is 457 g/mol. The number of piperidine rings is 1. The zero-order valence-corrected chi connectivity index (χ0v) is 17.3. The van der Waals surface area contributed by atoms with Crippen LogP contribution in [0, 0.1) is 12.8 Å². The lowest BCUT2D eigenvalue weighted by atomic mass is 9.91. The third-order valence-corrected chi connectivity index (χ3v) is 5.18. The molecule has 0 bridgehead atoms. The van der Waals surface area contributed by atoms with Crippen LogP contribution in [0.3, 0.4) is 0 Å². The molecule has 4 heterocycles. The normalized spacial score (nSPS) is 22.5. The number of carbonyl (C=O) groups is 2. The fraction of sp³-hybridized carbons (Fsp3) is 0.526. The van der Waals surface area contributed by atoms with Crippen LogP contribution in [-0.4, -0.2) is 74.5 Å². The van der Waals surface area contributed by atoms with Crippen LogP contribution in [0.1, 0.15) is 41.0 Å². The van der Waals surface area contributed by atoms with E-state index in [1.165, 1.54) is 7.11 Å². The number of nitrogens with one attached hydrogen (secondary N) is 1. The largest absolute Gasteiger partial charge is 0.490 e. The van der Waals surface area contributed by atoms with Gasteiger partial charge in [-0.2, -0.15) is 18.3 Å². The number of pyridine rings is 1. The van der Waals surface area contributed by atoms with Gasteiger partial charge in [0.15, 0.2) is 5.82 Å². The molecular weight excluding hydrogens is 435 g/mol. The summed E-state index contributed by atoms with van der Waals surface area (Å²) in [4.78, 5) is 32.1. The third-order valence-electron chi connectivity index (χ3n) is 5.18. The first kappa shape index (κ1) is 23.4. The number of aliphatic carboxylic acids is 1. The molecule has 0 aromatic carbocycles. The number of fused-ring (bicyclic) bond motifs is 1. The minimum absolute atomic E-state index is 0.0178. The Morgan fingerprint density at radius 2 is 2.09 bits per heavy atom. The number of amides is 1. The maximum absolute atomic E-state index is 12.8. The van der Waals surface area contributed by atoms with E-state index in [1.54, 1.807) is 18.3 Å². The molecule has 0 unspecified atom stereocenters. The average molecular weight is 457 g/mol. The smallest absolute Gasteiger partial charge is 0.480 e. The van der Waals surface area contributed by atoms with Crippen LogP contribution in [0.2, 0.25) is 0 Å². The third kappa shape index (κ3) is 5.33. The van der Waals surface area contributed by atoms with Crippen molar-refractivity contribution in [1.29, 1.82) is 0 Å². The highest BCUT2D eigenvalue weighted by Crippen LogP contribution is 2.40. The molecule has 2 aliphatic heterocycles. The first-order valence-corrected chi connectivity index (χ1v) is 9.73. The molecule has 174 valence electrons. The maximum Gasteiger partial charge on any atom is 0.490 e. The number of halogens is 3. The van der Waals surface area contributed by atoms with E-state index in [0.29, 0.717) is 36.3 Å². The van der Waals surface area contributed by atoms with Crippen molar-refractivity contribution in [3.8, 4) is 5.88 Å². The molecule has 0 saturated carbocycles. The molecule has 4 rings (SSSR count). The van der Waals surface area contributed by atoms with Crippen LogP contribution in [0.4, 0.5) is 13.2 Å². The predicted octanol–water partition coefficient (Wildman–Crippen LogP) is 2.14. The molecule has 32 heavy (non-hydrogen) atoms. The molecule has 2 fully saturated rings. The number of aromatic amines is 1. The topological polar surface area (TPSA) is 131 Å². The minimum atomic E-state index is -5.08. The van der Waals surface area contributed by atoms with E-state index in [1.807, 2.05) is 11.8 Å². The number of hydrogen-bond donors (Lipinski definition) is 2. The number of methoxy groups -OCH3 is 1. The SMILES string of the molecule is COc1ncccc1C(=O)N1CC[C@H]2C[C@H](c3n[nH]c(C)n3)O[C@@H]2C1.O=C(O)C(F)(F)F. The number of ether oxygens (including phenoxy) is 2. The summed E-state index contributed by atoms with van der Waals surface area (Å²) in [5.41, 5.74) is 0.489. The Kier molecular flexibility index (Phi) is 6.96. The van der Waals surface area contributed by atoms with E-state index < -0.39 is 12.1 Å². The second-order valence-electron chi connectivity index (χ2n) is 7.34. The molecule has 2 aromatic rings. The number of carbonyl (C=O) groups excluding carboxylic acids is 1. The van der Waals surface area contributed by atoms with E-state index in [4.69, 9.17) is 19.4 Å². The molecule has 2 saturated heterocycles. The van der Waals surface area contributed by atoms with Crippen LogP contribution in [0.25, 0.3) is 0 Å². The lowest BCUT2D eigenvalue weighted by Gasteiger charge is -2.34. The summed E-state index contributed by atoms with van der Waals surface area (Å²) >= 11 is 0. The molecule has 10 nitrogen and oxygen atoms in total. The maximum atomic E-state index is 12.8. The van der Waals surface area contributed by atoms with Crippen molar-refractivity contribution >= 4 is 11.9 Å². The van der Waals surface area contributed by atoms with E-state index in [9.17, 15) is 18.0 Å². The molecule has 2 N–H and O–H groups in total. The highest BCUT2D eigenvalue weighted by atomic mass is 19.4. The highest BCUT2D eigenvalue weighted by Gasteiger charge is 2.42. The van der Waals surface area contributed by atoms with Crippen LogP contribution in [0.15, 0.2) is 18.3 Å². The van der Waals surface area contributed by atoms with Gasteiger partial charge in [-0.3, -0.25) is 9.89 Å². The van der Waals surface area contributed by atoms with Crippen molar-refractivity contribution in [2.24, 2.45) is 5.92 Å². The van der Waals surface area contributed by atoms with Gasteiger partial charge in [-0.15, -0.1) is 0 Å². The van der Waals surface area contributed by atoms with Gasteiger partial charge in [-0.1, -0.05) is 0 Å². The van der Waals surface area contributed by atoms with Crippen LogP contribution < -0.4 is 4.74 Å². The number of rotatable bonds is 3. The Hall–Kier alpha value is -3.22. The Morgan fingerprint density at radius 3 is 2.69 bits per heavy atom. The molecule has 1 amide bonds. The zero-order chi connectivity index (χ0) is 23.5. The van der Waals surface area contributed by atoms with Crippen molar-refractivity contribution in [2.75, 3.05) is 20.2 Å². The second kappa shape index (κ2) is 9.51. The van der Waals surface area contributed by atoms with Crippen molar-refractivity contribution in [1.82, 2.24) is 25.1 Å². The van der Waals surface area contributed by atoms with E-state index in [-0.39, 0.29) is 18.1 Å². The van der Waals surface area contributed by atoms with Crippen LogP contribution in [-0.2, 0) is 9.53 Å². The number of carboxylic acid groups (broad SMARTS) is 1. The van der Waals surface area contributed by atoms with Crippen molar-refractivity contribution < 1.29 is 37.3 Å². The second-order valence-corrected chi connectivity index (χ2v) is 7.34. The first-order valence-electron chi connectivity index (χ1n) is 9.73. The van der Waals surface area contributed by atoms with Gasteiger partial charge >= 0.3 is 12.1 Å². The molecular formula is C19H22F3N5O5. The number of nitrogens with zero attached hydrogens (tertiary/aromatic N) is 4. The molecule has 0 spiro atoms. The Bertz CT molecular complexity index is 967. The van der Waals surface area contributed by atoms with Gasteiger partial charge in [-0.05, 0) is 37.8 Å². The highest BCUT2D eigenvalue weighted by molar-refractivity contribution is 5.96. The van der Waals surface area contributed by atoms with E-state index >= 15 is 0 Å². The van der Waals surface area contributed by atoms with Crippen molar-refractivity contribution in [3.05, 3.63) is 35.5 Å². The number of carboxylic acids is 1. The van der Waals surface area contributed by atoms with Gasteiger partial charge in [0.05, 0.1) is 13.2 Å². The molecule has 3 atom stereocenters. The number of H-pyrrole nitrogens is 1. The first-order chi connectivity index (χ1) is 15.1. The van der Waals surface area contributed by atoms with Crippen LogP contribution in [0.5, 0.6) is 5.88 Å². The molecule has 2 aromatic heterocycles. The van der Waals surface area contributed by atoms with Gasteiger partial charge in [-0.25, -0.2) is 14.8 Å². The Labute approximate surface area is 180 Å². The van der Waals surface area contributed by atoms with E-state index in [2.05, 4.69) is 20.2 Å². The Morgan fingerprint density at radius 1 is 1.38 bits per heavy atom. The minimum Gasteiger partial charge on any atom is -0.480 e. The van der Waals surface area contributed by atoms with Gasteiger partial charge in [0.1, 0.15) is 17.5 Å². The standard InChI is InChI=1S/C17H21N5O3.C2HF3O2/c1-10-19-15(21-20-10)13-8-11-5-7-22(9-14(11)25-13)17(23)12-4-3-6-18-16(12)24-2;3-2(4,5)1(6)7/h3-4,6,11,13-14H,5,7-9H2,1-2H3,(H,19,20,21);(H,6,7)/t11-,13+,14+;/m0./s1. The van der Waals surface area contributed by atoms with Crippen LogP contribution >= 0.6 is 0 Å². The number of aromatic nitrogens is 4. The molecule has 2 aliphatic rings. The molecule has 0 aliphatic carbocycles. The van der Waals surface area contributed by atoms with Crippen molar-refractivity contribution in [2.45, 2.75) is 38.1 Å². The fourth-order valence-corrected chi connectivity index (χ4v) is 3.67. The molecule has 0 radical (unpaired) electrons. The summed E-state index contributed by atoms with van der Waals surface area (Å²) < 4.78 is 43.1. The summed E-state index contributed by atoms with van der Waals surface area (Å²) in [5.74, 6) is -0.538. The summed E-state index contributed by atoms with van der Waals surface area (Å²) in [6.07, 6.45) is -1.73. The summed E-state index contributed by atoms with van der Waals surface area (Å²) in [6.45, 7) is 3.16. The van der Waals surface area contributed by atoms with Gasteiger partial charge < -0.3 is 19.5 Å². The summed E-state index contributed by atoms with van der Waals surface area (Å²) in [5, 5.41) is 14.2. The van der Waals surface area contributed by atoms with Crippen molar-refractivity contribution in [3.63, 3.8) is 0 Å². The fourth-order valence-electron chi connectivity index (χ4n) is 3.67. The molecule has 13 heteroatoms. The number of hydrogen-bond acceptors (Lipinski definition) is 7. The quantitative estimate of drug-likeness (QED) is 0.717. The summed E-state index contributed by atoms with van der Waals surface area (Å²) in [7, 11) is 1.52.